The van der Waals surface area contributed by atoms with Gasteiger partial charge in [0.1, 0.15) is 0 Å². The van der Waals surface area contributed by atoms with Crippen LogP contribution < -0.4 is 5.32 Å². The van der Waals surface area contributed by atoms with Gasteiger partial charge in [0.2, 0.25) is 5.95 Å². The van der Waals surface area contributed by atoms with E-state index in [1.165, 1.54) is 25.7 Å². The number of anilines is 2. The lowest BCUT2D eigenvalue weighted by Crippen LogP contribution is -2.17. The first-order valence-electron chi connectivity index (χ1n) is 10.6. The monoisotopic (exact) mass is 404 g/mol. The minimum absolute atomic E-state index is 0.132. The van der Waals surface area contributed by atoms with E-state index in [4.69, 9.17) is 4.98 Å². The second-order valence-electron chi connectivity index (χ2n) is 8.34. The van der Waals surface area contributed by atoms with Crippen molar-refractivity contribution in [2.24, 2.45) is 5.92 Å². The van der Waals surface area contributed by atoms with Crippen LogP contribution in [-0.2, 0) is 0 Å². The predicted molar refractivity (Wildman–Crippen MR) is 115 cm³/mol. The van der Waals surface area contributed by atoms with E-state index in [0.717, 1.165) is 22.5 Å². The van der Waals surface area contributed by atoms with Crippen LogP contribution in [-0.4, -0.2) is 29.5 Å². The Morgan fingerprint density at radius 2 is 1.90 bits per heavy atom. The molecule has 4 rings (SSSR count). The Hall–Kier alpha value is -3.21. The molecule has 3 aromatic rings. The Morgan fingerprint density at radius 1 is 1.13 bits per heavy atom. The Bertz CT molecular complexity index is 1040. The van der Waals surface area contributed by atoms with Crippen molar-refractivity contribution in [1.82, 2.24) is 29.5 Å². The van der Waals surface area contributed by atoms with Crippen molar-refractivity contribution in [3.05, 3.63) is 36.5 Å². The molecule has 0 aromatic carbocycles. The third-order valence-corrected chi connectivity index (χ3v) is 5.82. The number of nitrogens with zero attached hydrogens (tertiary/aromatic N) is 7. The molecule has 0 bridgehead atoms. The lowest BCUT2D eigenvalue weighted by molar-refractivity contribution is 0.315. The van der Waals surface area contributed by atoms with Crippen LogP contribution in [0.25, 0.3) is 11.3 Å². The van der Waals surface area contributed by atoms with E-state index in [-0.39, 0.29) is 6.04 Å². The van der Waals surface area contributed by atoms with Gasteiger partial charge in [0.05, 0.1) is 42.3 Å². The molecule has 0 amide bonds. The minimum atomic E-state index is 0.132. The van der Waals surface area contributed by atoms with Crippen molar-refractivity contribution in [1.29, 1.82) is 5.26 Å². The average Bonchev–Trinajstić information content (AvgIpc) is 3.49. The van der Waals surface area contributed by atoms with Crippen molar-refractivity contribution in [3.63, 3.8) is 0 Å². The molecule has 0 radical (unpaired) electrons. The molecule has 30 heavy (non-hydrogen) atoms. The van der Waals surface area contributed by atoms with Gasteiger partial charge in [-0.2, -0.15) is 15.5 Å². The molecule has 0 spiro atoms. The van der Waals surface area contributed by atoms with E-state index in [0.29, 0.717) is 24.3 Å². The number of nitrogens with one attached hydrogen (secondary N) is 1. The van der Waals surface area contributed by atoms with Gasteiger partial charge in [-0.15, -0.1) is 0 Å². The summed E-state index contributed by atoms with van der Waals surface area (Å²) in [7, 11) is 0. The first-order valence-corrected chi connectivity index (χ1v) is 10.6. The van der Waals surface area contributed by atoms with E-state index < -0.39 is 0 Å². The van der Waals surface area contributed by atoms with Crippen LogP contribution >= 0.6 is 0 Å². The Labute approximate surface area is 177 Å². The molecule has 1 saturated carbocycles. The zero-order chi connectivity index (χ0) is 21.1. The first-order chi connectivity index (χ1) is 14.5. The van der Waals surface area contributed by atoms with Crippen LogP contribution in [0.15, 0.2) is 31.0 Å². The summed E-state index contributed by atoms with van der Waals surface area (Å²) in [5, 5.41) is 21.5. The molecule has 3 aromatic heterocycles. The highest BCUT2D eigenvalue weighted by Gasteiger charge is 2.27. The number of hydrogen-bond donors (Lipinski definition) is 1. The van der Waals surface area contributed by atoms with E-state index >= 15 is 0 Å². The quantitative estimate of drug-likeness (QED) is 0.607. The van der Waals surface area contributed by atoms with Crippen LogP contribution in [0.1, 0.15) is 63.6 Å². The topological polar surface area (TPSA) is 97.2 Å². The fourth-order valence-electron chi connectivity index (χ4n) is 4.16. The third-order valence-electron chi connectivity index (χ3n) is 5.82. The molecule has 0 saturated heterocycles. The summed E-state index contributed by atoms with van der Waals surface area (Å²) < 4.78 is 3.86. The van der Waals surface area contributed by atoms with E-state index in [9.17, 15) is 5.26 Å². The zero-order valence-corrected chi connectivity index (χ0v) is 17.8. The maximum atomic E-state index is 9.31. The molecule has 0 unspecified atom stereocenters. The highest BCUT2D eigenvalue weighted by molar-refractivity contribution is 5.63. The number of hydrogen-bond acceptors (Lipinski definition) is 6. The highest BCUT2D eigenvalue weighted by Crippen LogP contribution is 2.36. The molecule has 0 aliphatic heterocycles. The van der Waals surface area contributed by atoms with E-state index in [1.54, 1.807) is 6.20 Å². The smallest absolute Gasteiger partial charge is 0.227 e. The molecule has 3 heterocycles. The summed E-state index contributed by atoms with van der Waals surface area (Å²) in [6.07, 6.45) is 14.7. The minimum Gasteiger partial charge on any atom is -0.321 e. The molecule has 8 nitrogen and oxygen atoms in total. The number of rotatable bonds is 7. The Morgan fingerprint density at radius 3 is 2.60 bits per heavy atom. The summed E-state index contributed by atoms with van der Waals surface area (Å²) >= 11 is 0. The van der Waals surface area contributed by atoms with Gasteiger partial charge in [0.25, 0.3) is 0 Å². The van der Waals surface area contributed by atoms with Crippen molar-refractivity contribution >= 4 is 11.6 Å². The van der Waals surface area contributed by atoms with Crippen LogP contribution in [0, 0.1) is 24.2 Å². The molecule has 1 N–H and O–H groups in total. The van der Waals surface area contributed by atoms with Crippen molar-refractivity contribution < 1.29 is 0 Å². The van der Waals surface area contributed by atoms with Crippen LogP contribution in [0.3, 0.4) is 0 Å². The average molecular weight is 405 g/mol. The number of aromatic nitrogens is 6. The molecule has 8 heteroatoms. The second kappa shape index (κ2) is 8.66. The van der Waals surface area contributed by atoms with Gasteiger partial charge >= 0.3 is 0 Å². The lowest BCUT2D eigenvalue weighted by Gasteiger charge is -2.21. The fraction of sp³-hybridized carbons (Fsp3) is 0.500. The Kier molecular flexibility index (Phi) is 5.79. The normalized spacial score (nSPS) is 15.4. The summed E-state index contributed by atoms with van der Waals surface area (Å²) in [5.74, 6) is 1.05. The largest absolute Gasteiger partial charge is 0.321 e. The van der Waals surface area contributed by atoms with Crippen molar-refractivity contribution in [2.75, 3.05) is 5.32 Å². The molecule has 1 aliphatic carbocycles. The molecule has 1 aliphatic rings. The Balaban J connectivity index is 1.58. The molecular formula is C22H28N8. The van der Waals surface area contributed by atoms with Gasteiger partial charge in [0, 0.05) is 30.2 Å². The SMILES string of the molecule is Cc1cnc(Nc2cnn(C(C)C)c2)nc1-c1cnn([C@H](CC#N)C2CCCC2)c1. The predicted octanol–water partition coefficient (Wildman–Crippen LogP) is 4.81. The van der Waals surface area contributed by atoms with Crippen molar-refractivity contribution in [2.45, 2.75) is 65.0 Å². The summed E-state index contributed by atoms with van der Waals surface area (Å²) in [6.45, 7) is 6.16. The summed E-state index contributed by atoms with van der Waals surface area (Å²) in [4.78, 5) is 9.15. The van der Waals surface area contributed by atoms with Gasteiger partial charge < -0.3 is 5.32 Å². The van der Waals surface area contributed by atoms with Crippen LogP contribution in [0.2, 0.25) is 0 Å². The fourth-order valence-corrected chi connectivity index (χ4v) is 4.16. The number of aryl methyl sites for hydroxylation is 1. The highest BCUT2D eigenvalue weighted by atomic mass is 15.3. The van der Waals surface area contributed by atoms with Gasteiger partial charge in [0.15, 0.2) is 0 Å². The molecule has 156 valence electrons. The van der Waals surface area contributed by atoms with Gasteiger partial charge in [-0.3, -0.25) is 9.36 Å². The molecule has 1 atom stereocenters. The summed E-state index contributed by atoms with van der Waals surface area (Å²) in [6, 6.07) is 2.77. The lowest BCUT2D eigenvalue weighted by atomic mass is 9.96. The van der Waals surface area contributed by atoms with Gasteiger partial charge in [-0.1, -0.05) is 12.8 Å². The maximum Gasteiger partial charge on any atom is 0.227 e. The second-order valence-corrected chi connectivity index (χ2v) is 8.34. The molecule has 1 fully saturated rings. The maximum absolute atomic E-state index is 9.31. The van der Waals surface area contributed by atoms with Gasteiger partial charge in [-0.25, -0.2) is 9.97 Å². The number of nitriles is 1. The first kappa shape index (κ1) is 20.1. The van der Waals surface area contributed by atoms with E-state index in [1.807, 2.05) is 41.1 Å². The van der Waals surface area contributed by atoms with Crippen LogP contribution in [0.5, 0.6) is 0 Å². The summed E-state index contributed by atoms with van der Waals surface area (Å²) in [5.41, 5.74) is 3.62. The van der Waals surface area contributed by atoms with Gasteiger partial charge in [-0.05, 0) is 45.1 Å². The third kappa shape index (κ3) is 4.20. The zero-order valence-electron chi connectivity index (χ0n) is 17.8. The van der Waals surface area contributed by atoms with Crippen LogP contribution in [0.4, 0.5) is 11.6 Å². The molecular weight excluding hydrogens is 376 g/mol. The van der Waals surface area contributed by atoms with E-state index in [2.05, 4.69) is 40.4 Å². The van der Waals surface area contributed by atoms with Crippen molar-refractivity contribution in [3.8, 4) is 17.3 Å². The standard InChI is InChI=1S/C22H28N8/c1-15(2)29-14-19(12-26-29)27-22-24-10-16(3)21(28-22)18-11-25-30(13-18)20(8-9-23)17-6-4-5-7-17/h10-15,17,20H,4-8H2,1-3H3,(H,24,27,28)/t20-/m1/s1.